The highest BCUT2D eigenvalue weighted by molar-refractivity contribution is 7.89. The third-order valence-corrected chi connectivity index (χ3v) is 5.69. The number of amides is 1. The maximum absolute atomic E-state index is 12.4. The van der Waals surface area contributed by atoms with Crippen molar-refractivity contribution in [2.45, 2.75) is 11.8 Å². The molecule has 0 aliphatic carbocycles. The molecule has 0 bridgehead atoms. The summed E-state index contributed by atoms with van der Waals surface area (Å²) in [5.74, 6) is -0.298. The Morgan fingerprint density at radius 1 is 1.07 bits per heavy atom. The maximum atomic E-state index is 12.4. The van der Waals surface area contributed by atoms with Gasteiger partial charge in [0.05, 0.1) is 34.4 Å². The van der Waals surface area contributed by atoms with Gasteiger partial charge in [-0.2, -0.15) is 5.26 Å². The molecule has 1 amide bonds. The summed E-state index contributed by atoms with van der Waals surface area (Å²) < 4.78 is 25.9. The molecule has 0 fully saturated rings. The number of hydrogen-bond donors (Lipinski definition) is 3. The zero-order valence-corrected chi connectivity index (χ0v) is 16.8. The van der Waals surface area contributed by atoms with Crippen LogP contribution < -0.4 is 16.0 Å². The van der Waals surface area contributed by atoms with Crippen LogP contribution in [0.3, 0.4) is 0 Å². The van der Waals surface area contributed by atoms with E-state index in [1.54, 1.807) is 30.3 Å². The Morgan fingerprint density at radius 3 is 2.32 bits per heavy atom. The molecule has 0 heterocycles. The van der Waals surface area contributed by atoms with Gasteiger partial charge in [-0.3, -0.25) is 4.79 Å². The minimum absolute atomic E-state index is 0.0517. The summed E-state index contributed by atoms with van der Waals surface area (Å²) in [5, 5.41) is 17.6. The zero-order chi connectivity index (χ0) is 20.7. The average molecular weight is 401 g/mol. The molecule has 0 aliphatic rings. The van der Waals surface area contributed by atoms with Gasteiger partial charge < -0.3 is 16.0 Å². The fraction of sp³-hybridized carbons (Fsp3) is 0.263. The van der Waals surface area contributed by atoms with Gasteiger partial charge in [-0.05, 0) is 49.4 Å². The molecule has 0 atom stereocenters. The zero-order valence-electron chi connectivity index (χ0n) is 16.0. The normalized spacial score (nSPS) is 11.0. The lowest BCUT2D eigenvalue weighted by atomic mass is 10.2. The first-order valence-electron chi connectivity index (χ1n) is 8.62. The molecule has 0 saturated carbocycles. The molecule has 3 N–H and O–H groups in total. The topological polar surface area (TPSA) is 114 Å². The smallest absolute Gasteiger partial charge is 0.243 e. The van der Waals surface area contributed by atoms with Crippen LogP contribution in [0.15, 0.2) is 47.4 Å². The van der Waals surface area contributed by atoms with Crippen LogP contribution in [0, 0.1) is 11.3 Å². The largest absolute Gasteiger partial charge is 0.384 e. The van der Waals surface area contributed by atoms with Crippen molar-refractivity contribution < 1.29 is 13.2 Å². The highest BCUT2D eigenvalue weighted by atomic mass is 32.2. The van der Waals surface area contributed by atoms with E-state index in [0.29, 0.717) is 29.2 Å². The Kier molecular flexibility index (Phi) is 6.98. The predicted molar refractivity (Wildman–Crippen MR) is 110 cm³/mol. The maximum Gasteiger partial charge on any atom is 0.243 e. The second kappa shape index (κ2) is 9.21. The van der Waals surface area contributed by atoms with Crippen molar-refractivity contribution in [2.75, 3.05) is 43.1 Å². The number of rotatable bonds is 8. The van der Waals surface area contributed by atoms with E-state index in [1.165, 1.54) is 26.2 Å². The summed E-state index contributed by atoms with van der Waals surface area (Å²) >= 11 is 0. The summed E-state index contributed by atoms with van der Waals surface area (Å²) in [6, 6.07) is 13.2. The Bertz CT molecular complexity index is 980. The van der Waals surface area contributed by atoms with E-state index >= 15 is 0 Å². The van der Waals surface area contributed by atoms with Gasteiger partial charge in [0.1, 0.15) is 0 Å². The van der Waals surface area contributed by atoms with Gasteiger partial charge in [-0.15, -0.1) is 0 Å². The van der Waals surface area contributed by atoms with Crippen LogP contribution in [0.25, 0.3) is 0 Å². The van der Waals surface area contributed by atoms with E-state index < -0.39 is 10.0 Å². The first-order chi connectivity index (χ1) is 13.3. The number of nitriles is 1. The number of anilines is 3. The molecule has 0 spiro atoms. The number of carbonyl (C=O) groups excluding carboxylic acids is 1. The third kappa shape index (κ3) is 5.22. The molecule has 0 aliphatic heterocycles. The Labute approximate surface area is 165 Å². The molecule has 0 saturated heterocycles. The van der Waals surface area contributed by atoms with E-state index in [1.807, 2.05) is 13.0 Å². The van der Waals surface area contributed by atoms with E-state index in [9.17, 15) is 13.2 Å². The molecule has 0 unspecified atom stereocenters. The molecule has 2 aromatic rings. The monoisotopic (exact) mass is 401 g/mol. The molecule has 2 aromatic carbocycles. The fourth-order valence-corrected chi connectivity index (χ4v) is 3.32. The van der Waals surface area contributed by atoms with Gasteiger partial charge in [0.2, 0.25) is 15.9 Å². The average Bonchev–Trinajstić information content (AvgIpc) is 2.67. The summed E-state index contributed by atoms with van der Waals surface area (Å²) in [7, 11) is -0.658. The SMILES string of the molecule is CCNc1ccc(S(=O)(=O)N(C)C)cc1NCC(=O)Nc1ccc(C#N)cc1. The lowest BCUT2D eigenvalue weighted by molar-refractivity contribution is -0.114. The molecule has 0 aromatic heterocycles. The van der Waals surface area contributed by atoms with Gasteiger partial charge >= 0.3 is 0 Å². The van der Waals surface area contributed by atoms with Crippen molar-refractivity contribution in [3.63, 3.8) is 0 Å². The second-order valence-corrected chi connectivity index (χ2v) is 8.27. The van der Waals surface area contributed by atoms with Crippen LogP contribution in [0.1, 0.15) is 12.5 Å². The fourth-order valence-electron chi connectivity index (χ4n) is 2.39. The second-order valence-electron chi connectivity index (χ2n) is 6.12. The lowest BCUT2D eigenvalue weighted by Crippen LogP contribution is -2.24. The van der Waals surface area contributed by atoms with Crippen LogP contribution >= 0.6 is 0 Å². The summed E-state index contributed by atoms with van der Waals surface area (Å²) in [6.45, 7) is 2.52. The molecular formula is C19H23N5O3S. The van der Waals surface area contributed by atoms with E-state index in [0.717, 1.165) is 4.31 Å². The first kappa shape index (κ1) is 21.2. The van der Waals surface area contributed by atoms with E-state index in [2.05, 4.69) is 16.0 Å². The molecule has 9 heteroatoms. The molecule has 8 nitrogen and oxygen atoms in total. The lowest BCUT2D eigenvalue weighted by Gasteiger charge is -2.17. The first-order valence-corrected chi connectivity index (χ1v) is 10.1. The quantitative estimate of drug-likeness (QED) is 0.625. The summed E-state index contributed by atoms with van der Waals surface area (Å²) in [5.41, 5.74) is 2.29. The van der Waals surface area contributed by atoms with Crippen LogP contribution in [0.4, 0.5) is 17.1 Å². The highest BCUT2D eigenvalue weighted by Gasteiger charge is 2.19. The minimum atomic E-state index is -3.59. The predicted octanol–water partition coefficient (Wildman–Crippen LogP) is 2.29. The van der Waals surface area contributed by atoms with Gasteiger partial charge in [0.15, 0.2) is 0 Å². The Hall–Kier alpha value is -3.09. The minimum Gasteiger partial charge on any atom is -0.384 e. The van der Waals surface area contributed by atoms with Crippen molar-refractivity contribution in [1.82, 2.24) is 4.31 Å². The number of nitrogens with one attached hydrogen (secondary N) is 3. The van der Waals surface area contributed by atoms with Gasteiger partial charge in [-0.1, -0.05) is 0 Å². The highest BCUT2D eigenvalue weighted by Crippen LogP contribution is 2.26. The van der Waals surface area contributed by atoms with Crippen molar-refractivity contribution in [3.8, 4) is 6.07 Å². The third-order valence-electron chi connectivity index (χ3n) is 3.87. The van der Waals surface area contributed by atoms with Crippen LogP contribution in [0.5, 0.6) is 0 Å². The van der Waals surface area contributed by atoms with Crippen molar-refractivity contribution in [3.05, 3.63) is 48.0 Å². The van der Waals surface area contributed by atoms with E-state index in [4.69, 9.17) is 5.26 Å². The molecule has 2 rings (SSSR count). The molecule has 0 radical (unpaired) electrons. The molecule has 28 heavy (non-hydrogen) atoms. The molecular weight excluding hydrogens is 378 g/mol. The summed E-state index contributed by atoms with van der Waals surface area (Å²) in [4.78, 5) is 12.3. The summed E-state index contributed by atoms with van der Waals surface area (Å²) in [6.07, 6.45) is 0. The molecule has 148 valence electrons. The van der Waals surface area contributed by atoms with Crippen LogP contribution in [-0.2, 0) is 14.8 Å². The number of sulfonamides is 1. The van der Waals surface area contributed by atoms with Gasteiger partial charge in [0, 0.05) is 26.3 Å². The number of carbonyl (C=O) groups is 1. The van der Waals surface area contributed by atoms with Crippen LogP contribution in [0.2, 0.25) is 0 Å². The van der Waals surface area contributed by atoms with Crippen LogP contribution in [-0.4, -0.2) is 45.8 Å². The van der Waals surface area contributed by atoms with Gasteiger partial charge in [-0.25, -0.2) is 12.7 Å². The van der Waals surface area contributed by atoms with Crippen molar-refractivity contribution >= 4 is 33.0 Å². The number of hydrogen-bond acceptors (Lipinski definition) is 6. The van der Waals surface area contributed by atoms with Gasteiger partial charge in [0.25, 0.3) is 0 Å². The number of benzene rings is 2. The standard InChI is InChI=1S/C19H23N5O3S/c1-4-21-17-10-9-16(28(26,27)24(2)3)11-18(17)22-13-19(25)23-15-7-5-14(12-20)6-8-15/h5-11,21-22H,4,13H2,1-3H3,(H,23,25). The van der Waals surface area contributed by atoms with Crippen molar-refractivity contribution in [1.29, 1.82) is 5.26 Å². The van der Waals surface area contributed by atoms with E-state index in [-0.39, 0.29) is 17.3 Å². The van der Waals surface area contributed by atoms with Crippen molar-refractivity contribution in [2.24, 2.45) is 0 Å². The number of nitrogens with zero attached hydrogens (tertiary/aromatic N) is 2. The Balaban J connectivity index is 2.14. The Morgan fingerprint density at radius 2 is 1.75 bits per heavy atom.